The highest BCUT2D eigenvalue weighted by Crippen LogP contribution is 2.32. The van der Waals surface area contributed by atoms with Crippen molar-refractivity contribution in [3.63, 3.8) is 0 Å². The third kappa shape index (κ3) is 3.18. The fourth-order valence-electron chi connectivity index (χ4n) is 2.93. The molecule has 2 heterocycles. The summed E-state index contributed by atoms with van der Waals surface area (Å²) in [6.07, 6.45) is 9.13. The van der Waals surface area contributed by atoms with Gasteiger partial charge in [0.25, 0.3) is 0 Å². The fraction of sp³-hybridized carbons (Fsp3) is 0.800. The first-order valence-electron chi connectivity index (χ1n) is 7.57. The van der Waals surface area contributed by atoms with E-state index in [4.69, 9.17) is 4.74 Å². The number of aromatic nitrogens is 2. The van der Waals surface area contributed by atoms with Crippen LogP contribution >= 0.6 is 0 Å². The molecule has 0 atom stereocenters. The van der Waals surface area contributed by atoms with Gasteiger partial charge >= 0.3 is 0 Å². The standard InChI is InChI=1S/C15H25N3O/c1-15(4-6-16-7-5-15)14-10-17-12-18(14)8-9-19-11-13-2-3-13/h10,12-13,16H,2-9,11H2,1H3. The molecule has 4 heteroatoms. The van der Waals surface area contributed by atoms with Gasteiger partial charge in [0.2, 0.25) is 0 Å². The van der Waals surface area contributed by atoms with Crippen LogP contribution in [0.2, 0.25) is 0 Å². The van der Waals surface area contributed by atoms with Crippen molar-refractivity contribution in [2.75, 3.05) is 26.3 Å². The molecule has 1 aliphatic carbocycles. The topological polar surface area (TPSA) is 39.1 Å². The summed E-state index contributed by atoms with van der Waals surface area (Å²) >= 11 is 0. The summed E-state index contributed by atoms with van der Waals surface area (Å²) in [5.41, 5.74) is 1.65. The van der Waals surface area contributed by atoms with Crippen LogP contribution in [0.15, 0.2) is 12.5 Å². The van der Waals surface area contributed by atoms with Crippen LogP contribution in [-0.2, 0) is 16.7 Å². The summed E-state index contributed by atoms with van der Waals surface area (Å²) in [6.45, 7) is 7.29. The van der Waals surface area contributed by atoms with Crippen molar-refractivity contribution >= 4 is 0 Å². The van der Waals surface area contributed by atoms with Crippen LogP contribution < -0.4 is 5.32 Å². The number of rotatable bonds is 6. The number of ether oxygens (including phenoxy) is 1. The number of hydrogen-bond donors (Lipinski definition) is 1. The van der Waals surface area contributed by atoms with Crippen LogP contribution in [0.25, 0.3) is 0 Å². The van der Waals surface area contributed by atoms with Gasteiger partial charge in [-0.2, -0.15) is 0 Å². The average molecular weight is 263 g/mol. The van der Waals surface area contributed by atoms with E-state index in [-0.39, 0.29) is 5.41 Å². The monoisotopic (exact) mass is 263 g/mol. The van der Waals surface area contributed by atoms with Crippen LogP contribution in [0.3, 0.4) is 0 Å². The third-order valence-corrected chi connectivity index (χ3v) is 4.56. The van der Waals surface area contributed by atoms with Crippen molar-refractivity contribution in [3.05, 3.63) is 18.2 Å². The third-order valence-electron chi connectivity index (χ3n) is 4.56. The lowest BCUT2D eigenvalue weighted by atomic mass is 9.78. The molecule has 2 aliphatic rings. The molecule has 19 heavy (non-hydrogen) atoms. The van der Waals surface area contributed by atoms with Crippen LogP contribution in [0.4, 0.5) is 0 Å². The average Bonchev–Trinajstić information content (AvgIpc) is 3.11. The molecule has 1 N–H and O–H groups in total. The number of nitrogens with zero attached hydrogens (tertiary/aromatic N) is 2. The molecule has 4 nitrogen and oxygen atoms in total. The number of imidazole rings is 1. The van der Waals surface area contributed by atoms with E-state index in [1.165, 1.54) is 31.4 Å². The molecular formula is C15H25N3O. The van der Waals surface area contributed by atoms with E-state index in [0.717, 1.165) is 38.8 Å². The maximum atomic E-state index is 5.75. The zero-order valence-electron chi connectivity index (χ0n) is 11.9. The van der Waals surface area contributed by atoms with Gasteiger partial charge < -0.3 is 14.6 Å². The lowest BCUT2D eigenvalue weighted by Crippen LogP contribution is -2.39. The quantitative estimate of drug-likeness (QED) is 0.797. The van der Waals surface area contributed by atoms with Crippen molar-refractivity contribution < 1.29 is 4.74 Å². The molecule has 0 spiro atoms. The van der Waals surface area contributed by atoms with Crippen LogP contribution in [-0.4, -0.2) is 35.9 Å². The van der Waals surface area contributed by atoms with Gasteiger partial charge in [0, 0.05) is 30.5 Å². The predicted octanol–water partition coefficient (Wildman–Crippen LogP) is 1.95. The Labute approximate surface area is 115 Å². The normalized spacial score (nSPS) is 22.6. The first kappa shape index (κ1) is 13.1. The van der Waals surface area contributed by atoms with Gasteiger partial charge in [0.1, 0.15) is 0 Å². The van der Waals surface area contributed by atoms with Gasteiger partial charge in [-0.05, 0) is 44.7 Å². The maximum Gasteiger partial charge on any atom is 0.0949 e. The summed E-state index contributed by atoms with van der Waals surface area (Å²) in [5.74, 6) is 0.851. The van der Waals surface area contributed by atoms with E-state index < -0.39 is 0 Å². The minimum Gasteiger partial charge on any atom is -0.379 e. The van der Waals surface area contributed by atoms with Crippen LogP contribution in [0, 0.1) is 5.92 Å². The molecule has 106 valence electrons. The Bertz CT molecular complexity index is 405. The Morgan fingerprint density at radius 2 is 2.21 bits per heavy atom. The van der Waals surface area contributed by atoms with Gasteiger partial charge in [0.15, 0.2) is 0 Å². The SMILES string of the molecule is CC1(c2cncn2CCOCC2CC2)CCNCC1. The summed E-state index contributed by atoms with van der Waals surface area (Å²) in [7, 11) is 0. The second-order valence-electron chi connectivity index (χ2n) is 6.30. The fourth-order valence-corrected chi connectivity index (χ4v) is 2.93. The molecule has 0 unspecified atom stereocenters. The zero-order chi connectivity index (χ0) is 13.1. The van der Waals surface area contributed by atoms with E-state index in [9.17, 15) is 0 Å². The summed E-state index contributed by atoms with van der Waals surface area (Å²) < 4.78 is 8.04. The molecule has 0 bridgehead atoms. The smallest absolute Gasteiger partial charge is 0.0949 e. The van der Waals surface area contributed by atoms with Gasteiger partial charge in [-0.1, -0.05) is 6.92 Å². The highest BCUT2D eigenvalue weighted by molar-refractivity contribution is 5.15. The summed E-state index contributed by atoms with van der Waals surface area (Å²) in [4.78, 5) is 4.36. The molecule has 1 saturated carbocycles. The first-order chi connectivity index (χ1) is 9.28. The highest BCUT2D eigenvalue weighted by atomic mass is 16.5. The molecule has 1 saturated heterocycles. The van der Waals surface area contributed by atoms with Crippen LogP contribution in [0.5, 0.6) is 0 Å². The Morgan fingerprint density at radius 3 is 2.95 bits per heavy atom. The lowest BCUT2D eigenvalue weighted by Gasteiger charge is -2.34. The van der Waals surface area contributed by atoms with E-state index in [1.807, 2.05) is 12.5 Å². The molecular weight excluding hydrogens is 238 g/mol. The predicted molar refractivity (Wildman–Crippen MR) is 75.2 cm³/mol. The Kier molecular flexibility index (Phi) is 3.89. The van der Waals surface area contributed by atoms with Gasteiger partial charge in [0.05, 0.1) is 12.9 Å². The first-order valence-corrected chi connectivity index (χ1v) is 7.57. The number of nitrogens with one attached hydrogen (secondary N) is 1. The van der Waals surface area contributed by atoms with Crippen molar-refractivity contribution in [2.24, 2.45) is 5.92 Å². The Balaban J connectivity index is 1.57. The number of piperidine rings is 1. The van der Waals surface area contributed by atoms with Crippen molar-refractivity contribution in [2.45, 2.75) is 44.6 Å². The second-order valence-corrected chi connectivity index (χ2v) is 6.30. The Hall–Kier alpha value is -0.870. The van der Waals surface area contributed by atoms with Crippen molar-refractivity contribution in [1.82, 2.24) is 14.9 Å². The van der Waals surface area contributed by atoms with Crippen molar-refractivity contribution in [1.29, 1.82) is 0 Å². The molecule has 0 amide bonds. The number of hydrogen-bond acceptors (Lipinski definition) is 3. The summed E-state index contributed by atoms with van der Waals surface area (Å²) in [5, 5.41) is 3.44. The molecule has 1 aliphatic heterocycles. The second kappa shape index (κ2) is 5.63. The minimum absolute atomic E-state index is 0.276. The highest BCUT2D eigenvalue weighted by Gasteiger charge is 2.31. The molecule has 0 aromatic carbocycles. The largest absolute Gasteiger partial charge is 0.379 e. The molecule has 1 aromatic rings. The van der Waals surface area contributed by atoms with Gasteiger partial charge in [-0.15, -0.1) is 0 Å². The van der Waals surface area contributed by atoms with Crippen molar-refractivity contribution in [3.8, 4) is 0 Å². The Morgan fingerprint density at radius 1 is 1.42 bits per heavy atom. The lowest BCUT2D eigenvalue weighted by molar-refractivity contribution is 0.115. The van der Waals surface area contributed by atoms with Gasteiger partial charge in [-0.25, -0.2) is 4.98 Å². The molecule has 0 radical (unpaired) electrons. The van der Waals surface area contributed by atoms with Crippen LogP contribution in [0.1, 0.15) is 38.3 Å². The van der Waals surface area contributed by atoms with E-state index in [0.29, 0.717) is 0 Å². The molecule has 2 fully saturated rings. The van der Waals surface area contributed by atoms with E-state index >= 15 is 0 Å². The minimum atomic E-state index is 0.276. The zero-order valence-corrected chi connectivity index (χ0v) is 11.9. The maximum absolute atomic E-state index is 5.75. The summed E-state index contributed by atoms with van der Waals surface area (Å²) in [6, 6.07) is 0. The molecule has 3 rings (SSSR count). The van der Waals surface area contributed by atoms with E-state index in [1.54, 1.807) is 0 Å². The molecule has 1 aromatic heterocycles. The van der Waals surface area contributed by atoms with Gasteiger partial charge in [-0.3, -0.25) is 0 Å². The van der Waals surface area contributed by atoms with E-state index in [2.05, 4.69) is 21.8 Å².